The van der Waals surface area contributed by atoms with E-state index in [9.17, 15) is 13.6 Å². The van der Waals surface area contributed by atoms with Gasteiger partial charge in [-0.3, -0.25) is 4.79 Å². The quantitative estimate of drug-likeness (QED) is 0.906. The van der Waals surface area contributed by atoms with Crippen LogP contribution in [0.2, 0.25) is 0 Å². The van der Waals surface area contributed by atoms with Gasteiger partial charge in [0.05, 0.1) is 0 Å². The van der Waals surface area contributed by atoms with Crippen molar-refractivity contribution in [1.82, 2.24) is 5.32 Å². The van der Waals surface area contributed by atoms with Crippen molar-refractivity contribution in [1.29, 1.82) is 0 Å². The van der Waals surface area contributed by atoms with Crippen LogP contribution < -0.4 is 10.2 Å². The summed E-state index contributed by atoms with van der Waals surface area (Å²) in [6.45, 7) is 2.93. The van der Waals surface area contributed by atoms with E-state index < -0.39 is 11.6 Å². The van der Waals surface area contributed by atoms with Gasteiger partial charge >= 0.3 is 0 Å². The predicted molar refractivity (Wildman–Crippen MR) is 90.4 cm³/mol. The number of carbonyl (C=O) groups excluding carboxylic acids is 1. The lowest BCUT2D eigenvalue weighted by molar-refractivity contribution is 0.0950. The molecule has 2 aromatic carbocycles. The summed E-state index contributed by atoms with van der Waals surface area (Å²) < 4.78 is 27.5. The number of amides is 1. The maximum Gasteiger partial charge on any atom is 0.251 e. The highest BCUT2D eigenvalue weighted by Gasteiger charge is 2.42. The Morgan fingerprint density at radius 3 is 2.38 bits per heavy atom. The van der Waals surface area contributed by atoms with Crippen molar-refractivity contribution in [2.45, 2.75) is 25.3 Å². The van der Waals surface area contributed by atoms with E-state index in [1.54, 1.807) is 12.1 Å². The fourth-order valence-corrected chi connectivity index (χ4v) is 2.84. The van der Waals surface area contributed by atoms with Gasteiger partial charge in [-0.2, -0.15) is 0 Å². The first-order chi connectivity index (χ1) is 11.5. The molecule has 0 bridgehead atoms. The molecule has 1 N–H and O–H groups in total. The number of hydrogen-bond donors (Lipinski definition) is 1. The second-order valence-electron chi connectivity index (χ2n) is 6.12. The van der Waals surface area contributed by atoms with Gasteiger partial charge in [-0.1, -0.05) is 6.07 Å². The fourth-order valence-electron chi connectivity index (χ4n) is 2.84. The minimum atomic E-state index is -0.552. The Kier molecular flexibility index (Phi) is 4.51. The summed E-state index contributed by atoms with van der Waals surface area (Å²) in [6.07, 6.45) is 0.556. The Morgan fingerprint density at radius 2 is 1.79 bits per heavy atom. The number of nitrogens with zero attached hydrogens (tertiary/aromatic N) is 1. The van der Waals surface area contributed by atoms with Crippen molar-refractivity contribution >= 4 is 11.6 Å². The maximum absolute atomic E-state index is 13.8. The van der Waals surface area contributed by atoms with Crippen LogP contribution in [-0.2, 0) is 0 Å². The Balaban J connectivity index is 1.64. The van der Waals surface area contributed by atoms with Crippen LogP contribution in [0.1, 0.15) is 35.2 Å². The van der Waals surface area contributed by atoms with E-state index in [2.05, 4.69) is 17.1 Å². The zero-order chi connectivity index (χ0) is 17.3. The minimum absolute atomic E-state index is 0.0720. The molecule has 5 heteroatoms. The van der Waals surface area contributed by atoms with Crippen LogP contribution in [0.5, 0.6) is 0 Å². The van der Waals surface area contributed by atoms with Gasteiger partial charge in [-0.25, -0.2) is 8.78 Å². The summed E-state index contributed by atoms with van der Waals surface area (Å²) >= 11 is 0. The van der Waals surface area contributed by atoms with Crippen LogP contribution in [-0.4, -0.2) is 25.5 Å². The summed E-state index contributed by atoms with van der Waals surface area (Å²) in [7, 11) is 1.98. The molecule has 1 fully saturated rings. The van der Waals surface area contributed by atoms with E-state index in [0.717, 1.165) is 12.2 Å². The molecule has 1 aliphatic carbocycles. The molecule has 2 unspecified atom stereocenters. The molecule has 0 aliphatic heterocycles. The third-order valence-corrected chi connectivity index (χ3v) is 4.52. The van der Waals surface area contributed by atoms with Gasteiger partial charge in [-0.15, -0.1) is 0 Å². The molecule has 2 aromatic rings. The SMILES string of the molecule is CCN(C)c1ccc(C(=O)NC2CC2c2c(F)cccc2F)cc1. The van der Waals surface area contributed by atoms with E-state index in [-0.39, 0.29) is 23.4 Å². The van der Waals surface area contributed by atoms with E-state index in [1.807, 2.05) is 19.2 Å². The van der Waals surface area contributed by atoms with Crippen molar-refractivity contribution in [3.8, 4) is 0 Å². The molecular weight excluding hydrogens is 310 g/mol. The van der Waals surface area contributed by atoms with Crippen molar-refractivity contribution in [2.24, 2.45) is 0 Å². The first-order valence-electron chi connectivity index (χ1n) is 8.07. The van der Waals surface area contributed by atoms with Crippen molar-refractivity contribution in [3.05, 3.63) is 65.2 Å². The molecule has 3 nitrogen and oxygen atoms in total. The van der Waals surface area contributed by atoms with Crippen molar-refractivity contribution < 1.29 is 13.6 Å². The number of halogens is 2. The highest BCUT2D eigenvalue weighted by atomic mass is 19.1. The molecule has 0 heterocycles. The van der Waals surface area contributed by atoms with E-state index >= 15 is 0 Å². The van der Waals surface area contributed by atoms with Crippen LogP contribution in [0.3, 0.4) is 0 Å². The molecule has 3 rings (SSSR count). The summed E-state index contributed by atoms with van der Waals surface area (Å²) in [5, 5.41) is 2.85. The van der Waals surface area contributed by atoms with Crippen LogP contribution >= 0.6 is 0 Å². The molecule has 0 saturated heterocycles. The lowest BCUT2D eigenvalue weighted by Gasteiger charge is -2.16. The Bertz CT molecular complexity index is 725. The van der Waals surface area contributed by atoms with Gasteiger partial charge in [-0.05, 0) is 49.7 Å². The Labute approximate surface area is 140 Å². The monoisotopic (exact) mass is 330 g/mol. The van der Waals surface area contributed by atoms with E-state index in [0.29, 0.717) is 12.0 Å². The third-order valence-electron chi connectivity index (χ3n) is 4.52. The fraction of sp³-hybridized carbons (Fsp3) is 0.316. The maximum atomic E-state index is 13.8. The topological polar surface area (TPSA) is 32.3 Å². The van der Waals surface area contributed by atoms with E-state index in [1.165, 1.54) is 18.2 Å². The summed E-state index contributed by atoms with van der Waals surface area (Å²) in [4.78, 5) is 14.3. The predicted octanol–water partition coefficient (Wildman–Crippen LogP) is 3.71. The molecule has 2 atom stereocenters. The van der Waals surface area contributed by atoms with Gasteiger partial charge in [0.25, 0.3) is 5.91 Å². The molecule has 0 radical (unpaired) electrons. The average molecular weight is 330 g/mol. The van der Waals surface area contributed by atoms with Gasteiger partial charge in [0.1, 0.15) is 11.6 Å². The number of nitrogens with one attached hydrogen (secondary N) is 1. The first kappa shape index (κ1) is 16.4. The highest BCUT2D eigenvalue weighted by molar-refractivity contribution is 5.95. The van der Waals surface area contributed by atoms with E-state index in [4.69, 9.17) is 0 Å². The van der Waals surface area contributed by atoms with Crippen LogP contribution in [0.4, 0.5) is 14.5 Å². The molecule has 1 amide bonds. The van der Waals surface area contributed by atoms with Gasteiger partial charge in [0.15, 0.2) is 0 Å². The molecule has 1 saturated carbocycles. The minimum Gasteiger partial charge on any atom is -0.375 e. The molecule has 0 aromatic heterocycles. The average Bonchev–Trinajstić information content (AvgIpc) is 3.32. The normalized spacial score (nSPS) is 19.0. The molecular formula is C19H20F2N2O. The van der Waals surface area contributed by atoms with Gasteiger partial charge in [0, 0.05) is 42.4 Å². The second kappa shape index (κ2) is 6.59. The summed E-state index contributed by atoms with van der Waals surface area (Å²) in [6, 6.07) is 10.9. The van der Waals surface area contributed by atoms with Crippen LogP contribution in [0.25, 0.3) is 0 Å². The molecule has 1 aliphatic rings. The number of benzene rings is 2. The van der Waals surface area contributed by atoms with Gasteiger partial charge < -0.3 is 10.2 Å². The largest absolute Gasteiger partial charge is 0.375 e. The van der Waals surface area contributed by atoms with Crippen LogP contribution in [0, 0.1) is 11.6 Å². The third kappa shape index (κ3) is 3.25. The lowest BCUT2D eigenvalue weighted by Crippen LogP contribution is -2.27. The van der Waals surface area contributed by atoms with Gasteiger partial charge in [0.2, 0.25) is 0 Å². The van der Waals surface area contributed by atoms with Crippen molar-refractivity contribution in [2.75, 3.05) is 18.5 Å². The zero-order valence-electron chi connectivity index (χ0n) is 13.7. The number of anilines is 1. The summed E-state index contributed by atoms with van der Waals surface area (Å²) in [5.41, 5.74) is 1.65. The molecule has 24 heavy (non-hydrogen) atoms. The number of rotatable bonds is 5. The molecule has 0 spiro atoms. The summed E-state index contributed by atoms with van der Waals surface area (Å²) in [5.74, 6) is -1.61. The molecule has 126 valence electrons. The number of carbonyl (C=O) groups is 1. The Morgan fingerprint density at radius 1 is 1.17 bits per heavy atom. The smallest absolute Gasteiger partial charge is 0.251 e. The van der Waals surface area contributed by atoms with Crippen molar-refractivity contribution in [3.63, 3.8) is 0 Å². The Hall–Kier alpha value is -2.43. The second-order valence-corrected chi connectivity index (χ2v) is 6.12. The highest BCUT2D eigenvalue weighted by Crippen LogP contribution is 2.43. The number of hydrogen-bond acceptors (Lipinski definition) is 2. The van der Waals surface area contributed by atoms with Crippen LogP contribution in [0.15, 0.2) is 42.5 Å². The standard InChI is InChI=1S/C19H20F2N2O/c1-3-23(2)13-9-7-12(8-10-13)19(24)22-17-11-14(17)18-15(20)5-4-6-16(18)21/h4-10,14,17H,3,11H2,1-2H3,(H,22,24). The first-order valence-corrected chi connectivity index (χ1v) is 8.07. The zero-order valence-corrected chi connectivity index (χ0v) is 13.7. The lowest BCUT2D eigenvalue weighted by atomic mass is 10.1.